The number of nitrogens with one attached hydrogen (secondary N) is 1. The van der Waals surface area contributed by atoms with Crippen LogP contribution in [0.15, 0.2) is 24.3 Å². The molecule has 0 aliphatic rings. The lowest BCUT2D eigenvalue weighted by molar-refractivity contribution is 0.251. The van der Waals surface area contributed by atoms with Crippen molar-refractivity contribution in [3.05, 3.63) is 35.6 Å². The Bertz CT molecular complexity index is 328. The van der Waals surface area contributed by atoms with Gasteiger partial charge in [0.15, 0.2) is 0 Å². The lowest BCUT2D eigenvalue weighted by atomic mass is 10.2. The lowest BCUT2D eigenvalue weighted by Gasteiger charge is -2.23. The fourth-order valence-corrected chi connectivity index (χ4v) is 1.67. The second kappa shape index (κ2) is 7.41. The molecule has 0 amide bonds. The van der Waals surface area contributed by atoms with Crippen LogP contribution in [0, 0.1) is 5.82 Å². The SMILES string of the molecule is CCC(C)N(C)CCNCc1cccc(F)c1. The zero-order valence-electron chi connectivity index (χ0n) is 11.0. The Kier molecular flexibility index (Phi) is 6.16. The largest absolute Gasteiger partial charge is 0.311 e. The highest BCUT2D eigenvalue weighted by atomic mass is 19.1. The van der Waals surface area contributed by atoms with Crippen molar-refractivity contribution in [2.45, 2.75) is 32.9 Å². The molecule has 0 aromatic heterocycles. The molecular weight excluding hydrogens is 215 g/mol. The van der Waals surface area contributed by atoms with Crippen LogP contribution >= 0.6 is 0 Å². The van der Waals surface area contributed by atoms with Crippen LogP contribution in [0.5, 0.6) is 0 Å². The second-order valence-corrected chi connectivity index (χ2v) is 4.54. The van der Waals surface area contributed by atoms with Crippen molar-refractivity contribution < 1.29 is 4.39 Å². The quantitative estimate of drug-likeness (QED) is 0.735. The van der Waals surface area contributed by atoms with Crippen LogP contribution in [0.3, 0.4) is 0 Å². The average molecular weight is 238 g/mol. The fourth-order valence-electron chi connectivity index (χ4n) is 1.67. The van der Waals surface area contributed by atoms with Gasteiger partial charge in [0, 0.05) is 25.7 Å². The summed E-state index contributed by atoms with van der Waals surface area (Å²) in [5, 5.41) is 3.33. The molecule has 96 valence electrons. The number of likely N-dealkylation sites (N-methyl/N-ethyl adjacent to an activating group) is 1. The third-order valence-electron chi connectivity index (χ3n) is 3.20. The summed E-state index contributed by atoms with van der Waals surface area (Å²) in [7, 11) is 2.14. The second-order valence-electron chi connectivity index (χ2n) is 4.54. The van der Waals surface area contributed by atoms with E-state index in [1.165, 1.54) is 12.5 Å². The summed E-state index contributed by atoms with van der Waals surface area (Å²) >= 11 is 0. The minimum Gasteiger partial charge on any atom is -0.311 e. The third-order valence-corrected chi connectivity index (χ3v) is 3.20. The van der Waals surface area contributed by atoms with Gasteiger partial charge in [0.25, 0.3) is 0 Å². The van der Waals surface area contributed by atoms with Gasteiger partial charge < -0.3 is 10.2 Å². The molecule has 0 spiro atoms. The molecule has 0 fully saturated rings. The first kappa shape index (κ1) is 14.1. The smallest absolute Gasteiger partial charge is 0.123 e. The predicted octanol–water partition coefficient (Wildman–Crippen LogP) is 2.65. The van der Waals surface area contributed by atoms with Crippen molar-refractivity contribution in [2.24, 2.45) is 0 Å². The molecule has 0 radical (unpaired) electrons. The zero-order chi connectivity index (χ0) is 12.7. The summed E-state index contributed by atoms with van der Waals surface area (Å²) < 4.78 is 12.9. The molecule has 1 aromatic rings. The lowest BCUT2D eigenvalue weighted by Crippen LogP contribution is -2.34. The molecule has 0 aliphatic heterocycles. The number of rotatable bonds is 7. The summed E-state index contributed by atoms with van der Waals surface area (Å²) in [4.78, 5) is 2.33. The third kappa shape index (κ3) is 5.29. The standard InChI is InChI=1S/C14H23FN2/c1-4-12(2)17(3)9-8-16-11-13-6-5-7-14(15)10-13/h5-7,10,12,16H,4,8-9,11H2,1-3H3. The number of hydrogen-bond acceptors (Lipinski definition) is 2. The van der Waals surface area contributed by atoms with Crippen molar-refractivity contribution in [2.75, 3.05) is 20.1 Å². The number of benzene rings is 1. The minimum atomic E-state index is -0.166. The van der Waals surface area contributed by atoms with E-state index >= 15 is 0 Å². The predicted molar refractivity (Wildman–Crippen MR) is 70.5 cm³/mol. The fraction of sp³-hybridized carbons (Fsp3) is 0.571. The van der Waals surface area contributed by atoms with Crippen molar-refractivity contribution in [1.82, 2.24) is 10.2 Å². The maximum atomic E-state index is 12.9. The Hall–Kier alpha value is -0.930. The van der Waals surface area contributed by atoms with E-state index in [0.717, 1.165) is 25.2 Å². The summed E-state index contributed by atoms with van der Waals surface area (Å²) in [6.45, 7) is 7.10. The Labute approximate surface area is 104 Å². The van der Waals surface area contributed by atoms with Gasteiger partial charge in [0.2, 0.25) is 0 Å². The van der Waals surface area contributed by atoms with Crippen LogP contribution in [0.2, 0.25) is 0 Å². The van der Waals surface area contributed by atoms with Crippen molar-refractivity contribution >= 4 is 0 Å². The van der Waals surface area contributed by atoms with Crippen LogP contribution in [-0.2, 0) is 6.54 Å². The first-order chi connectivity index (χ1) is 8.13. The molecule has 1 rings (SSSR count). The molecule has 2 nitrogen and oxygen atoms in total. The minimum absolute atomic E-state index is 0.166. The molecule has 1 aromatic carbocycles. The van der Waals surface area contributed by atoms with E-state index in [1.54, 1.807) is 12.1 Å². The summed E-state index contributed by atoms with van der Waals surface area (Å²) in [6.07, 6.45) is 1.17. The summed E-state index contributed by atoms with van der Waals surface area (Å²) in [6, 6.07) is 7.35. The Balaban J connectivity index is 2.20. The van der Waals surface area contributed by atoms with E-state index in [1.807, 2.05) is 6.07 Å². The van der Waals surface area contributed by atoms with Crippen LogP contribution in [0.4, 0.5) is 4.39 Å². The first-order valence-corrected chi connectivity index (χ1v) is 6.29. The molecular formula is C14H23FN2. The van der Waals surface area contributed by atoms with Gasteiger partial charge >= 0.3 is 0 Å². The van der Waals surface area contributed by atoms with Crippen LogP contribution in [0.25, 0.3) is 0 Å². The first-order valence-electron chi connectivity index (χ1n) is 6.29. The zero-order valence-corrected chi connectivity index (χ0v) is 11.0. The maximum absolute atomic E-state index is 12.9. The molecule has 0 heterocycles. The Morgan fingerprint density at radius 2 is 2.18 bits per heavy atom. The van der Waals surface area contributed by atoms with E-state index in [2.05, 4.69) is 31.1 Å². The van der Waals surface area contributed by atoms with Crippen molar-refractivity contribution in [3.63, 3.8) is 0 Å². The molecule has 1 N–H and O–H groups in total. The molecule has 0 bridgehead atoms. The highest BCUT2D eigenvalue weighted by Crippen LogP contribution is 2.03. The average Bonchev–Trinajstić information content (AvgIpc) is 2.33. The van der Waals surface area contributed by atoms with Crippen molar-refractivity contribution in [3.8, 4) is 0 Å². The van der Waals surface area contributed by atoms with Gasteiger partial charge in [-0.1, -0.05) is 19.1 Å². The van der Waals surface area contributed by atoms with Gasteiger partial charge in [-0.05, 0) is 38.1 Å². The monoisotopic (exact) mass is 238 g/mol. The van der Waals surface area contributed by atoms with E-state index in [0.29, 0.717) is 6.04 Å². The van der Waals surface area contributed by atoms with Crippen LogP contribution < -0.4 is 5.32 Å². The highest BCUT2D eigenvalue weighted by molar-refractivity contribution is 5.15. The van der Waals surface area contributed by atoms with E-state index in [9.17, 15) is 4.39 Å². The van der Waals surface area contributed by atoms with Crippen LogP contribution in [-0.4, -0.2) is 31.1 Å². The van der Waals surface area contributed by atoms with Gasteiger partial charge in [-0.15, -0.1) is 0 Å². The van der Waals surface area contributed by atoms with E-state index < -0.39 is 0 Å². The molecule has 17 heavy (non-hydrogen) atoms. The van der Waals surface area contributed by atoms with Gasteiger partial charge in [-0.3, -0.25) is 0 Å². The molecule has 0 saturated carbocycles. The molecule has 1 atom stereocenters. The van der Waals surface area contributed by atoms with E-state index in [-0.39, 0.29) is 5.82 Å². The molecule has 1 unspecified atom stereocenters. The molecule has 3 heteroatoms. The van der Waals surface area contributed by atoms with Gasteiger partial charge in [0.05, 0.1) is 0 Å². The van der Waals surface area contributed by atoms with Gasteiger partial charge in [0.1, 0.15) is 5.82 Å². The van der Waals surface area contributed by atoms with Gasteiger partial charge in [-0.25, -0.2) is 4.39 Å². The normalized spacial score (nSPS) is 13.0. The number of halogens is 1. The highest BCUT2D eigenvalue weighted by Gasteiger charge is 2.05. The van der Waals surface area contributed by atoms with Crippen molar-refractivity contribution in [1.29, 1.82) is 0 Å². The summed E-state index contributed by atoms with van der Waals surface area (Å²) in [5.41, 5.74) is 0.996. The number of hydrogen-bond donors (Lipinski definition) is 1. The van der Waals surface area contributed by atoms with Crippen LogP contribution in [0.1, 0.15) is 25.8 Å². The van der Waals surface area contributed by atoms with E-state index in [4.69, 9.17) is 0 Å². The molecule has 0 aliphatic carbocycles. The topological polar surface area (TPSA) is 15.3 Å². The maximum Gasteiger partial charge on any atom is 0.123 e. The Morgan fingerprint density at radius 1 is 1.41 bits per heavy atom. The Morgan fingerprint density at radius 3 is 2.82 bits per heavy atom. The molecule has 0 saturated heterocycles. The van der Waals surface area contributed by atoms with Gasteiger partial charge in [-0.2, -0.15) is 0 Å². The number of nitrogens with zero attached hydrogens (tertiary/aromatic N) is 1. The summed E-state index contributed by atoms with van der Waals surface area (Å²) in [5.74, 6) is -0.166.